The van der Waals surface area contributed by atoms with Crippen LogP contribution in [0.15, 0.2) is 15.9 Å². The summed E-state index contributed by atoms with van der Waals surface area (Å²) in [7, 11) is 0. The van der Waals surface area contributed by atoms with Crippen LogP contribution < -0.4 is 5.32 Å². The molecular formula is C11H16BrNO2S. The molecule has 0 spiro atoms. The van der Waals surface area contributed by atoms with Gasteiger partial charge in [0.2, 0.25) is 0 Å². The van der Waals surface area contributed by atoms with Crippen molar-refractivity contribution >= 4 is 27.3 Å². The highest BCUT2D eigenvalue weighted by Crippen LogP contribution is 2.29. The lowest BCUT2D eigenvalue weighted by Gasteiger charge is -2.18. The van der Waals surface area contributed by atoms with Gasteiger partial charge in [-0.25, -0.2) is 0 Å². The Morgan fingerprint density at radius 1 is 1.69 bits per heavy atom. The summed E-state index contributed by atoms with van der Waals surface area (Å²) >= 11 is 5.14. The molecule has 0 bridgehead atoms. The molecule has 1 aliphatic rings. The molecule has 2 rings (SSSR count). The Bertz CT molecular complexity index is 326. The lowest BCUT2D eigenvalue weighted by molar-refractivity contribution is 0.104. The summed E-state index contributed by atoms with van der Waals surface area (Å²) in [6.45, 7) is 1.81. The summed E-state index contributed by atoms with van der Waals surface area (Å²) in [5, 5.41) is 14.8. The zero-order valence-corrected chi connectivity index (χ0v) is 11.4. The molecule has 0 aliphatic carbocycles. The van der Waals surface area contributed by atoms with Gasteiger partial charge in [0.15, 0.2) is 0 Å². The Labute approximate surface area is 108 Å². The Morgan fingerprint density at radius 3 is 3.12 bits per heavy atom. The van der Waals surface area contributed by atoms with Crippen LogP contribution in [0.1, 0.15) is 23.8 Å². The highest BCUT2D eigenvalue weighted by atomic mass is 79.9. The van der Waals surface area contributed by atoms with Gasteiger partial charge in [0.05, 0.1) is 18.8 Å². The molecule has 1 aromatic rings. The number of hydrogen-bond donors (Lipinski definition) is 2. The summed E-state index contributed by atoms with van der Waals surface area (Å²) in [5.74, 6) is 0. The van der Waals surface area contributed by atoms with Gasteiger partial charge in [0.25, 0.3) is 0 Å². The number of aliphatic hydroxyl groups excluding tert-OH is 1. The molecule has 1 aromatic heterocycles. The van der Waals surface area contributed by atoms with Crippen LogP contribution in [0.4, 0.5) is 0 Å². The second kappa shape index (κ2) is 6.12. The maximum atomic E-state index is 9.38. The average molecular weight is 306 g/mol. The fourth-order valence-electron chi connectivity index (χ4n) is 1.87. The first-order chi connectivity index (χ1) is 7.81. The van der Waals surface area contributed by atoms with E-state index in [0.717, 1.165) is 35.3 Å². The summed E-state index contributed by atoms with van der Waals surface area (Å²) in [4.78, 5) is 1.15. The Hall–Kier alpha value is 0.0600. The Balaban J connectivity index is 1.88. The summed E-state index contributed by atoms with van der Waals surface area (Å²) in [6, 6.07) is 2.02. The van der Waals surface area contributed by atoms with Gasteiger partial charge in [0, 0.05) is 22.5 Å². The van der Waals surface area contributed by atoms with Gasteiger partial charge in [0.1, 0.15) is 0 Å². The van der Waals surface area contributed by atoms with Gasteiger partial charge in [-0.3, -0.25) is 0 Å². The first-order valence-electron chi connectivity index (χ1n) is 5.50. The van der Waals surface area contributed by atoms with Gasteiger partial charge in [-0.2, -0.15) is 0 Å². The first kappa shape index (κ1) is 12.5. The molecule has 2 heterocycles. The number of aliphatic hydroxyl groups is 1. The second-order valence-corrected chi connectivity index (χ2v) is 5.71. The lowest BCUT2D eigenvalue weighted by atomic mass is 10.2. The third kappa shape index (κ3) is 3.05. The van der Waals surface area contributed by atoms with E-state index in [-0.39, 0.29) is 12.6 Å². The molecule has 0 radical (unpaired) electrons. The highest BCUT2D eigenvalue weighted by molar-refractivity contribution is 9.10. The Kier molecular flexibility index (Phi) is 4.79. The molecule has 0 amide bonds. The minimum atomic E-state index is 0.0126. The molecule has 5 heteroatoms. The van der Waals surface area contributed by atoms with Crippen molar-refractivity contribution in [1.82, 2.24) is 5.32 Å². The lowest BCUT2D eigenvalue weighted by Crippen LogP contribution is -2.31. The normalized spacial score (nSPS) is 22.5. The zero-order chi connectivity index (χ0) is 11.4. The summed E-state index contributed by atoms with van der Waals surface area (Å²) in [5.41, 5.74) is 0. The van der Waals surface area contributed by atoms with Crippen LogP contribution in [0.2, 0.25) is 0 Å². The third-order valence-electron chi connectivity index (χ3n) is 2.76. The summed E-state index contributed by atoms with van der Waals surface area (Å²) < 4.78 is 6.61. The van der Waals surface area contributed by atoms with E-state index < -0.39 is 0 Å². The third-order valence-corrected chi connectivity index (χ3v) is 4.74. The molecule has 1 aliphatic heterocycles. The molecule has 2 N–H and O–H groups in total. The number of thiophene rings is 1. The van der Waals surface area contributed by atoms with Gasteiger partial charge in [-0.05, 0) is 40.2 Å². The van der Waals surface area contributed by atoms with Crippen molar-refractivity contribution in [3.63, 3.8) is 0 Å². The molecular weight excluding hydrogens is 290 g/mol. The largest absolute Gasteiger partial charge is 0.394 e. The van der Waals surface area contributed by atoms with Crippen LogP contribution in [-0.4, -0.2) is 31.0 Å². The maximum Gasteiger partial charge on any atom is 0.0700 e. The van der Waals surface area contributed by atoms with E-state index >= 15 is 0 Å². The topological polar surface area (TPSA) is 41.5 Å². The number of ether oxygens (including phenoxy) is 1. The van der Waals surface area contributed by atoms with Crippen molar-refractivity contribution in [2.24, 2.45) is 0 Å². The average Bonchev–Trinajstić information content (AvgIpc) is 2.92. The fourth-order valence-corrected chi connectivity index (χ4v) is 3.59. The minimum absolute atomic E-state index is 0.0126. The van der Waals surface area contributed by atoms with Gasteiger partial charge in [-0.1, -0.05) is 0 Å². The number of halogens is 1. The number of hydrogen-bond acceptors (Lipinski definition) is 4. The predicted molar refractivity (Wildman–Crippen MR) is 68.8 cm³/mol. The summed E-state index contributed by atoms with van der Waals surface area (Å²) in [6.07, 6.45) is 2.59. The predicted octanol–water partition coefficient (Wildman–Crippen LogP) is 2.31. The van der Waals surface area contributed by atoms with Crippen molar-refractivity contribution in [2.45, 2.75) is 25.0 Å². The van der Waals surface area contributed by atoms with E-state index in [2.05, 4.69) is 21.2 Å². The van der Waals surface area contributed by atoms with Crippen LogP contribution in [0, 0.1) is 0 Å². The van der Waals surface area contributed by atoms with Crippen LogP contribution in [0.25, 0.3) is 0 Å². The highest BCUT2D eigenvalue weighted by Gasteiger charge is 2.19. The van der Waals surface area contributed by atoms with E-state index in [0.29, 0.717) is 6.10 Å². The van der Waals surface area contributed by atoms with Gasteiger partial charge < -0.3 is 15.2 Å². The van der Waals surface area contributed by atoms with Gasteiger partial charge >= 0.3 is 0 Å². The van der Waals surface area contributed by atoms with E-state index in [1.807, 2.05) is 11.4 Å². The fraction of sp³-hybridized carbons (Fsp3) is 0.636. The van der Waals surface area contributed by atoms with Crippen molar-refractivity contribution < 1.29 is 9.84 Å². The minimum Gasteiger partial charge on any atom is -0.394 e. The van der Waals surface area contributed by atoms with Crippen LogP contribution in [0.3, 0.4) is 0 Å². The molecule has 0 saturated carbocycles. The zero-order valence-electron chi connectivity index (χ0n) is 8.99. The van der Waals surface area contributed by atoms with E-state index in [1.54, 1.807) is 11.3 Å². The Morgan fingerprint density at radius 2 is 2.56 bits per heavy atom. The molecule has 2 unspecified atom stereocenters. The smallest absolute Gasteiger partial charge is 0.0700 e. The van der Waals surface area contributed by atoms with Crippen molar-refractivity contribution in [2.75, 3.05) is 19.8 Å². The van der Waals surface area contributed by atoms with E-state index in [9.17, 15) is 5.11 Å². The monoisotopic (exact) mass is 305 g/mol. The van der Waals surface area contributed by atoms with Gasteiger partial charge in [-0.15, -0.1) is 11.3 Å². The molecule has 90 valence electrons. The maximum absolute atomic E-state index is 9.38. The van der Waals surface area contributed by atoms with Crippen molar-refractivity contribution in [3.05, 3.63) is 20.8 Å². The SMILES string of the molecule is OCC(NCC1CCCO1)c1sccc1Br. The van der Waals surface area contributed by atoms with E-state index in [1.165, 1.54) is 0 Å². The molecule has 3 nitrogen and oxygen atoms in total. The quantitative estimate of drug-likeness (QED) is 0.877. The van der Waals surface area contributed by atoms with Crippen molar-refractivity contribution in [1.29, 1.82) is 0 Å². The molecule has 1 fully saturated rings. The van der Waals surface area contributed by atoms with Crippen LogP contribution >= 0.6 is 27.3 Å². The molecule has 1 saturated heterocycles. The number of nitrogens with one attached hydrogen (secondary N) is 1. The van der Waals surface area contributed by atoms with E-state index in [4.69, 9.17) is 4.74 Å². The van der Waals surface area contributed by atoms with Crippen LogP contribution in [-0.2, 0) is 4.74 Å². The molecule has 16 heavy (non-hydrogen) atoms. The standard InChI is InChI=1S/C11H16BrNO2S/c12-9-3-5-16-11(9)10(7-14)13-6-8-2-1-4-15-8/h3,5,8,10,13-14H,1-2,4,6-7H2. The second-order valence-electron chi connectivity index (χ2n) is 3.91. The first-order valence-corrected chi connectivity index (χ1v) is 7.17. The molecule has 0 aromatic carbocycles. The molecule has 2 atom stereocenters. The van der Waals surface area contributed by atoms with Crippen LogP contribution in [0.5, 0.6) is 0 Å². The number of rotatable bonds is 5. The van der Waals surface area contributed by atoms with Crippen molar-refractivity contribution in [3.8, 4) is 0 Å².